The van der Waals surface area contributed by atoms with Gasteiger partial charge in [0.25, 0.3) is 11.7 Å². The van der Waals surface area contributed by atoms with Crippen molar-refractivity contribution in [2.75, 3.05) is 6.61 Å². The van der Waals surface area contributed by atoms with Crippen molar-refractivity contribution in [3.05, 3.63) is 24.2 Å². The van der Waals surface area contributed by atoms with E-state index in [4.69, 9.17) is 13.7 Å². The van der Waals surface area contributed by atoms with Crippen LogP contribution in [-0.4, -0.2) is 22.7 Å². The molecule has 0 N–H and O–H groups in total. The molecule has 0 saturated heterocycles. The lowest BCUT2D eigenvalue weighted by molar-refractivity contribution is 0.0508. The van der Waals surface area contributed by atoms with E-state index >= 15 is 0 Å². The highest BCUT2D eigenvalue weighted by molar-refractivity contribution is 5.85. The van der Waals surface area contributed by atoms with Crippen LogP contribution in [0.25, 0.3) is 11.7 Å². The molecule has 2 aromatic heterocycles. The van der Waals surface area contributed by atoms with Crippen LogP contribution in [0.3, 0.4) is 0 Å². The molecule has 0 saturated carbocycles. The average Bonchev–Trinajstić information content (AvgIpc) is 2.89. The number of ether oxygens (including phenoxy) is 1. The summed E-state index contributed by atoms with van der Waals surface area (Å²) in [4.78, 5) is 15.0. The molecule has 0 aliphatic heterocycles. The molecular weight excluding hydrogens is 200 g/mol. The van der Waals surface area contributed by atoms with Gasteiger partial charge in [0.1, 0.15) is 0 Å². The Balaban J connectivity index is 2.21. The molecule has 0 aromatic carbocycles. The van der Waals surface area contributed by atoms with Crippen LogP contribution in [-0.2, 0) is 4.74 Å². The number of furan rings is 1. The second-order valence-electron chi connectivity index (χ2n) is 2.62. The van der Waals surface area contributed by atoms with E-state index in [1.165, 1.54) is 6.26 Å². The molecule has 0 fully saturated rings. The SMILES string of the molecule is CCOC(=O)c1noc(-c2ccco2)n1. The zero-order valence-electron chi connectivity index (χ0n) is 7.97. The van der Waals surface area contributed by atoms with Gasteiger partial charge in [0.05, 0.1) is 12.9 Å². The molecule has 0 radical (unpaired) electrons. The molecule has 0 spiro atoms. The van der Waals surface area contributed by atoms with E-state index < -0.39 is 5.97 Å². The normalized spacial score (nSPS) is 10.2. The van der Waals surface area contributed by atoms with Gasteiger partial charge < -0.3 is 13.7 Å². The Bertz CT molecular complexity index is 446. The summed E-state index contributed by atoms with van der Waals surface area (Å²) in [6, 6.07) is 3.34. The number of esters is 1. The highest BCUT2D eigenvalue weighted by Gasteiger charge is 2.17. The second-order valence-corrected chi connectivity index (χ2v) is 2.62. The van der Waals surface area contributed by atoms with E-state index in [1.54, 1.807) is 19.1 Å². The lowest BCUT2D eigenvalue weighted by Crippen LogP contribution is -2.06. The van der Waals surface area contributed by atoms with Crippen LogP contribution < -0.4 is 0 Å². The fraction of sp³-hybridized carbons (Fsp3) is 0.222. The summed E-state index contributed by atoms with van der Waals surface area (Å²) in [7, 11) is 0. The van der Waals surface area contributed by atoms with Gasteiger partial charge in [0, 0.05) is 0 Å². The van der Waals surface area contributed by atoms with Gasteiger partial charge in [-0.25, -0.2) is 4.79 Å². The van der Waals surface area contributed by atoms with Gasteiger partial charge in [0.15, 0.2) is 5.76 Å². The Hall–Kier alpha value is -2.11. The Kier molecular flexibility index (Phi) is 2.49. The fourth-order valence-electron chi connectivity index (χ4n) is 1.00. The maximum absolute atomic E-state index is 11.2. The number of nitrogens with zero attached hydrogens (tertiary/aromatic N) is 2. The predicted octanol–water partition coefficient (Wildman–Crippen LogP) is 1.51. The maximum Gasteiger partial charge on any atom is 0.379 e. The van der Waals surface area contributed by atoms with Gasteiger partial charge in [-0.2, -0.15) is 4.98 Å². The van der Waals surface area contributed by atoms with Gasteiger partial charge in [0.2, 0.25) is 0 Å². The van der Waals surface area contributed by atoms with Crippen molar-refractivity contribution in [3.8, 4) is 11.7 Å². The molecule has 0 aliphatic rings. The molecule has 15 heavy (non-hydrogen) atoms. The minimum Gasteiger partial charge on any atom is -0.460 e. The third kappa shape index (κ3) is 1.88. The third-order valence-electron chi connectivity index (χ3n) is 1.62. The van der Waals surface area contributed by atoms with E-state index in [2.05, 4.69) is 10.1 Å². The van der Waals surface area contributed by atoms with Gasteiger partial charge in [-0.3, -0.25) is 0 Å². The van der Waals surface area contributed by atoms with Crippen molar-refractivity contribution in [3.63, 3.8) is 0 Å². The van der Waals surface area contributed by atoms with Gasteiger partial charge in [-0.1, -0.05) is 0 Å². The van der Waals surface area contributed by atoms with E-state index in [1.807, 2.05) is 0 Å². The van der Waals surface area contributed by atoms with Crippen LogP contribution in [0.15, 0.2) is 27.3 Å². The minimum atomic E-state index is -0.612. The summed E-state index contributed by atoms with van der Waals surface area (Å²) in [6.07, 6.45) is 1.48. The highest BCUT2D eigenvalue weighted by Crippen LogP contribution is 2.17. The highest BCUT2D eigenvalue weighted by atomic mass is 16.5. The summed E-state index contributed by atoms with van der Waals surface area (Å²) < 4.78 is 14.5. The number of aromatic nitrogens is 2. The molecule has 0 amide bonds. The van der Waals surface area contributed by atoms with E-state index in [0.29, 0.717) is 5.76 Å². The van der Waals surface area contributed by atoms with Crippen molar-refractivity contribution in [1.82, 2.24) is 10.1 Å². The quantitative estimate of drug-likeness (QED) is 0.711. The van der Waals surface area contributed by atoms with Gasteiger partial charge in [-0.15, -0.1) is 0 Å². The van der Waals surface area contributed by atoms with Crippen molar-refractivity contribution >= 4 is 5.97 Å². The molecule has 6 nitrogen and oxygen atoms in total. The second kappa shape index (κ2) is 3.95. The summed E-state index contributed by atoms with van der Waals surface area (Å²) in [5.41, 5.74) is 0. The number of rotatable bonds is 3. The third-order valence-corrected chi connectivity index (χ3v) is 1.62. The topological polar surface area (TPSA) is 78.4 Å². The van der Waals surface area contributed by atoms with Crippen LogP contribution in [0.4, 0.5) is 0 Å². The zero-order valence-corrected chi connectivity index (χ0v) is 7.97. The first-order chi connectivity index (χ1) is 7.31. The molecule has 2 rings (SSSR count). The molecule has 0 bridgehead atoms. The fourth-order valence-corrected chi connectivity index (χ4v) is 1.00. The molecule has 2 heterocycles. The number of hydrogen-bond acceptors (Lipinski definition) is 6. The Morgan fingerprint density at radius 1 is 1.60 bits per heavy atom. The number of carbonyl (C=O) groups is 1. The lowest BCUT2D eigenvalue weighted by Gasteiger charge is -1.93. The minimum absolute atomic E-state index is 0.108. The van der Waals surface area contributed by atoms with Crippen LogP contribution in [0, 0.1) is 0 Å². The van der Waals surface area contributed by atoms with Crippen LogP contribution in [0.5, 0.6) is 0 Å². The van der Waals surface area contributed by atoms with Crippen molar-refractivity contribution < 1.29 is 18.5 Å². The first kappa shape index (κ1) is 9.45. The summed E-state index contributed by atoms with van der Waals surface area (Å²) in [5, 5.41) is 3.47. The number of carbonyl (C=O) groups excluding carboxylic acids is 1. The van der Waals surface area contributed by atoms with Crippen molar-refractivity contribution in [2.24, 2.45) is 0 Å². The largest absolute Gasteiger partial charge is 0.460 e. The molecular formula is C9H8N2O4. The van der Waals surface area contributed by atoms with Crippen LogP contribution in [0.1, 0.15) is 17.5 Å². The van der Waals surface area contributed by atoms with Gasteiger partial charge in [-0.05, 0) is 24.2 Å². The molecule has 78 valence electrons. The summed E-state index contributed by atoms with van der Waals surface area (Å²) in [6.45, 7) is 1.97. The Labute approximate surface area is 84.8 Å². The predicted molar refractivity (Wildman–Crippen MR) is 48.0 cm³/mol. The maximum atomic E-state index is 11.2. The van der Waals surface area contributed by atoms with Crippen molar-refractivity contribution in [2.45, 2.75) is 6.92 Å². The van der Waals surface area contributed by atoms with Crippen LogP contribution in [0.2, 0.25) is 0 Å². The summed E-state index contributed by atoms with van der Waals surface area (Å²) in [5.74, 6) is -0.150. The Morgan fingerprint density at radius 3 is 3.13 bits per heavy atom. The van der Waals surface area contributed by atoms with E-state index in [-0.39, 0.29) is 18.3 Å². The van der Waals surface area contributed by atoms with E-state index in [9.17, 15) is 4.79 Å². The molecule has 0 unspecified atom stereocenters. The smallest absolute Gasteiger partial charge is 0.379 e. The lowest BCUT2D eigenvalue weighted by atomic mass is 10.4. The van der Waals surface area contributed by atoms with Crippen LogP contribution >= 0.6 is 0 Å². The zero-order chi connectivity index (χ0) is 10.7. The average molecular weight is 208 g/mol. The molecule has 2 aromatic rings. The van der Waals surface area contributed by atoms with Crippen molar-refractivity contribution in [1.29, 1.82) is 0 Å². The Morgan fingerprint density at radius 2 is 2.47 bits per heavy atom. The summed E-state index contributed by atoms with van der Waals surface area (Å²) >= 11 is 0. The first-order valence-corrected chi connectivity index (χ1v) is 4.36. The first-order valence-electron chi connectivity index (χ1n) is 4.36. The number of hydrogen-bond donors (Lipinski definition) is 0. The monoisotopic (exact) mass is 208 g/mol. The standard InChI is InChI=1S/C9H8N2O4/c1-2-13-9(12)7-10-8(15-11-7)6-4-3-5-14-6/h3-5H,2H2,1H3. The molecule has 6 heteroatoms. The molecule has 0 atom stereocenters. The molecule has 0 aliphatic carbocycles. The van der Waals surface area contributed by atoms with Gasteiger partial charge >= 0.3 is 5.97 Å². The van der Waals surface area contributed by atoms with E-state index in [0.717, 1.165) is 0 Å².